The molecule has 6 heteroatoms. The molecule has 2 atom stereocenters. The van der Waals surface area contributed by atoms with E-state index in [9.17, 15) is 12.8 Å². The van der Waals surface area contributed by atoms with Crippen LogP contribution in [0, 0.1) is 11.7 Å². The van der Waals surface area contributed by atoms with Crippen molar-refractivity contribution < 1.29 is 17.9 Å². The number of aliphatic hydroxyl groups excluding tert-OH is 1. The molecule has 0 spiro atoms. The zero-order valence-corrected chi connectivity index (χ0v) is 11.9. The Morgan fingerprint density at radius 3 is 2.90 bits per heavy atom. The summed E-state index contributed by atoms with van der Waals surface area (Å²) in [5.74, 6) is 0.0394. The van der Waals surface area contributed by atoms with E-state index in [2.05, 4.69) is 0 Å². The van der Waals surface area contributed by atoms with Gasteiger partial charge in [-0.15, -0.1) is 0 Å². The van der Waals surface area contributed by atoms with Crippen molar-refractivity contribution in [3.63, 3.8) is 0 Å². The first-order valence-electron chi connectivity index (χ1n) is 6.87. The molecule has 20 heavy (non-hydrogen) atoms. The highest BCUT2D eigenvalue weighted by Gasteiger charge is 2.43. The highest BCUT2D eigenvalue weighted by molar-refractivity contribution is 7.89. The standard InChI is InChI=1S/C14H18FNO3S/c15-14-4-2-10(8-17)5-12(14)7-16-13-3-1-11(6-13)9-20(16,18)19/h2,4-5,11,13,17H,1,3,6-9H2/t11-,13+/m0/s1. The van der Waals surface area contributed by atoms with Crippen molar-refractivity contribution in [3.05, 3.63) is 35.1 Å². The van der Waals surface area contributed by atoms with Gasteiger partial charge in [-0.05, 0) is 42.9 Å². The topological polar surface area (TPSA) is 57.6 Å². The molecule has 1 N–H and O–H groups in total. The van der Waals surface area contributed by atoms with Crippen LogP contribution in [-0.4, -0.2) is 29.6 Å². The van der Waals surface area contributed by atoms with Crippen molar-refractivity contribution in [1.29, 1.82) is 0 Å². The smallest absolute Gasteiger partial charge is 0.214 e. The molecule has 1 aliphatic carbocycles. The zero-order chi connectivity index (χ0) is 14.3. The summed E-state index contributed by atoms with van der Waals surface area (Å²) in [6, 6.07) is 4.35. The number of rotatable bonds is 3. The molecule has 2 aliphatic rings. The number of benzene rings is 1. The number of aliphatic hydroxyl groups is 1. The van der Waals surface area contributed by atoms with Gasteiger partial charge < -0.3 is 5.11 Å². The van der Waals surface area contributed by atoms with E-state index in [0.29, 0.717) is 11.1 Å². The van der Waals surface area contributed by atoms with Crippen LogP contribution < -0.4 is 0 Å². The second-order valence-corrected chi connectivity index (χ2v) is 7.71. The fourth-order valence-electron chi connectivity index (χ4n) is 3.33. The van der Waals surface area contributed by atoms with Gasteiger partial charge >= 0.3 is 0 Å². The molecule has 110 valence electrons. The summed E-state index contributed by atoms with van der Waals surface area (Å²) in [7, 11) is -3.29. The number of halogens is 1. The Morgan fingerprint density at radius 2 is 2.15 bits per heavy atom. The molecular weight excluding hydrogens is 281 g/mol. The van der Waals surface area contributed by atoms with E-state index in [0.717, 1.165) is 19.3 Å². The van der Waals surface area contributed by atoms with Crippen LogP contribution in [0.1, 0.15) is 30.4 Å². The Balaban J connectivity index is 1.90. The highest BCUT2D eigenvalue weighted by atomic mass is 32.2. The fraction of sp³-hybridized carbons (Fsp3) is 0.571. The van der Waals surface area contributed by atoms with Crippen molar-refractivity contribution in [2.24, 2.45) is 5.92 Å². The van der Waals surface area contributed by atoms with E-state index >= 15 is 0 Å². The van der Waals surface area contributed by atoms with Gasteiger partial charge in [0.25, 0.3) is 0 Å². The number of nitrogens with zero attached hydrogens (tertiary/aromatic N) is 1. The second kappa shape index (κ2) is 5.09. The predicted octanol–water partition coefficient (Wildman–Crippen LogP) is 1.63. The van der Waals surface area contributed by atoms with Crippen LogP contribution in [0.5, 0.6) is 0 Å². The minimum absolute atomic E-state index is 0.0101. The Labute approximate surface area is 118 Å². The Morgan fingerprint density at radius 1 is 1.35 bits per heavy atom. The summed E-state index contributed by atoms with van der Waals surface area (Å²) in [6.07, 6.45) is 2.70. The lowest BCUT2D eigenvalue weighted by molar-refractivity contribution is 0.279. The first-order chi connectivity index (χ1) is 9.49. The van der Waals surface area contributed by atoms with Crippen molar-refractivity contribution in [2.45, 2.75) is 38.5 Å². The highest BCUT2D eigenvalue weighted by Crippen LogP contribution is 2.38. The fourth-order valence-corrected chi connectivity index (χ4v) is 5.40. The van der Waals surface area contributed by atoms with E-state index in [1.165, 1.54) is 16.4 Å². The molecule has 1 saturated heterocycles. The number of hydrogen-bond donors (Lipinski definition) is 1. The van der Waals surface area contributed by atoms with Gasteiger partial charge in [0.05, 0.1) is 12.4 Å². The molecule has 1 aromatic carbocycles. The van der Waals surface area contributed by atoms with Gasteiger partial charge in [-0.1, -0.05) is 6.07 Å². The minimum atomic E-state index is -3.29. The van der Waals surface area contributed by atoms with Gasteiger partial charge in [0.2, 0.25) is 10.0 Å². The van der Waals surface area contributed by atoms with Crippen molar-refractivity contribution >= 4 is 10.0 Å². The van der Waals surface area contributed by atoms with Crippen molar-refractivity contribution in [3.8, 4) is 0 Å². The average Bonchev–Trinajstić information content (AvgIpc) is 2.80. The SMILES string of the molecule is O=S1(=O)C[C@H]2CC[C@H](C2)N1Cc1cc(CO)ccc1F. The van der Waals surface area contributed by atoms with Crippen molar-refractivity contribution in [2.75, 3.05) is 5.75 Å². The maximum absolute atomic E-state index is 13.9. The molecule has 3 rings (SSSR count). The summed E-state index contributed by atoms with van der Waals surface area (Å²) in [6.45, 7) is -0.106. The Hall–Kier alpha value is -0.980. The first kappa shape index (κ1) is 14.0. The molecule has 2 bridgehead atoms. The lowest BCUT2D eigenvalue weighted by Gasteiger charge is -2.32. The number of hydrogen-bond acceptors (Lipinski definition) is 3. The van der Waals surface area contributed by atoms with Gasteiger partial charge in [0.15, 0.2) is 0 Å². The third-order valence-corrected chi connectivity index (χ3v) is 6.38. The minimum Gasteiger partial charge on any atom is -0.392 e. The summed E-state index contributed by atoms with van der Waals surface area (Å²) < 4.78 is 39.8. The van der Waals surface area contributed by atoms with Gasteiger partial charge in [0, 0.05) is 18.2 Å². The summed E-state index contributed by atoms with van der Waals surface area (Å²) in [4.78, 5) is 0. The Bertz CT molecular complexity index is 617. The van der Waals surface area contributed by atoms with E-state index < -0.39 is 15.8 Å². The summed E-state index contributed by atoms with van der Waals surface area (Å²) in [5, 5.41) is 9.11. The molecule has 0 aromatic heterocycles. The lowest BCUT2D eigenvalue weighted by Crippen LogP contribution is -2.44. The van der Waals surface area contributed by atoms with Gasteiger partial charge in [-0.25, -0.2) is 12.8 Å². The molecule has 1 heterocycles. The van der Waals surface area contributed by atoms with Gasteiger partial charge in [0.1, 0.15) is 5.82 Å². The zero-order valence-electron chi connectivity index (χ0n) is 11.1. The monoisotopic (exact) mass is 299 g/mol. The molecular formula is C14H18FNO3S. The third-order valence-electron chi connectivity index (χ3n) is 4.34. The molecule has 0 radical (unpaired) electrons. The van der Waals surface area contributed by atoms with E-state index in [4.69, 9.17) is 5.11 Å². The largest absolute Gasteiger partial charge is 0.392 e. The first-order valence-corrected chi connectivity index (χ1v) is 8.48. The van der Waals surface area contributed by atoms with Gasteiger partial charge in [-0.2, -0.15) is 4.31 Å². The molecule has 1 saturated carbocycles. The van der Waals surface area contributed by atoms with Crippen LogP contribution in [0.15, 0.2) is 18.2 Å². The van der Waals surface area contributed by atoms with E-state index in [1.807, 2.05) is 0 Å². The second-order valence-electron chi connectivity index (χ2n) is 5.74. The summed E-state index contributed by atoms with van der Waals surface area (Å²) >= 11 is 0. The lowest BCUT2D eigenvalue weighted by atomic mass is 10.1. The molecule has 1 aliphatic heterocycles. The maximum atomic E-state index is 13.9. The average molecular weight is 299 g/mol. The molecule has 0 unspecified atom stereocenters. The molecule has 0 amide bonds. The number of sulfonamides is 1. The molecule has 2 fully saturated rings. The van der Waals surface area contributed by atoms with Crippen LogP contribution >= 0.6 is 0 Å². The van der Waals surface area contributed by atoms with Crippen LogP contribution in [0.25, 0.3) is 0 Å². The van der Waals surface area contributed by atoms with Gasteiger partial charge in [-0.3, -0.25) is 0 Å². The number of fused-ring (bicyclic) bond motifs is 2. The normalized spacial score (nSPS) is 28.7. The van der Waals surface area contributed by atoms with E-state index in [-0.39, 0.29) is 30.9 Å². The van der Waals surface area contributed by atoms with E-state index in [1.54, 1.807) is 6.07 Å². The van der Waals surface area contributed by atoms with Crippen molar-refractivity contribution in [1.82, 2.24) is 4.31 Å². The molecule has 4 nitrogen and oxygen atoms in total. The van der Waals surface area contributed by atoms with Crippen LogP contribution in [0.3, 0.4) is 0 Å². The predicted molar refractivity (Wildman–Crippen MR) is 72.8 cm³/mol. The third kappa shape index (κ3) is 2.47. The van der Waals surface area contributed by atoms with Crippen LogP contribution in [-0.2, 0) is 23.2 Å². The quantitative estimate of drug-likeness (QED) is 0.923. The Kier molecular flexibility index (Phi) is 3.56. The molecule has 1 aromatic rings. The summed E-state index contributed by atoms with van der Waals surface area (Å²) in [5.41, 5.74) is 0.936. The maximum Gasteiger partial charge on any atom is 0.214 e. The van der Waals surface area contributed by atoms with Crippen LogP contribution in [0.2, 0.25) is 0 Å². The van der Waals surface area contributed by atoms with Crippen LogP contribution in [0.4, 0.5) is 4.39 Å².